The Morgan fingerprint density at radius 3 is 2.49 bits per heavy atom. The zero-order valence-electron chi connectivity index (χ0n) is 25.2. The lowest BCUT2D eigenvalue weighted by Gasteiger charge is -2.31. The molecular formula is C32H43N5O4S2. The van der Waals surface area contributed by atoms with E-state index in [1.54, 1.807) is 35.7 Å². The highest BCUT2D eigenvalue weighted by molar-refractivity contribution is 7.90. The summed E-state index contributed by atoms with van der Waals surface area (Å²) in [6.07, 6.45) is 7.60. The van der Waals surface area contributed by atoms with Gasteiger partial charge in [0.25, 0.3) is 15.9 Å². The number of nitrogens with one attached hydrogen (secondary N) is 3. The molecule has 9 nitrogen and oxygen atoms in total. The highest BCUT2D eigenvalue weighted by Gasteiger charge is 2.29. The van der Waals surface area contributed by atoms with Crippen molar-refractivity contribution >= 4 is 44.5 Å². The Morgan fingerprint density at radius 2 is 1.81 bits per heavy atom. The number of amides is 2. The number of hydrogen-bond acceptors (Lipinski definition) is 8. The molecule has 1 aliphatic rings. The first kappa shape index (κ1) is 32.5. The molecule has 2 amide bonds. The van der Waals surface area contributed by atoms with Gasteiger partial charge in [-0.05, 0) is 61.4 Å². The van der Waals surface area contributed by atoms with Crippen molar-refractivity contribution in [3.05, 3.63) is 70.7 Å². The molecule has 1 aliphatic carbocycles. The van der Waals surface area contributed by atoms with Crippen LogP contribution in [0.15, 0.2) is 65.0 Å². The predicted octanol–water partition coefficient (Wildman–Crippen LogP) is 5.81. The van der Waals surface area contributed by atoms with Gasteiger partial charge >= 0.3 is 0 Å². The summed E-state index contributed by atoms with van der Waals surface area (Å²) >= 11 is 1.57. The highest BCUT2D eigenvalue weighted by Crippen LogP contribution is 2.30. The zero-order valence-corrected chi connectivity index (χ0v) is 26.8. The van der Waals surface area contributed by atoms with Crippen molar-refractivity contribution in [3.8, 4) is 0 Å². The highest BCUT2D eigenvalue weighted by atomic mass is 32.2. The summed E-state index contributed by atoms with van der Waals surface area (Å²) in [6.45, 7) is 5.81. The fourth-order valence-electron chi connectivity index (χ4n) is 5.41. The third kappa shape index (κ3) is 9.53. The summed E-state index contributed by atoms with van der Waals surface area (Å²) in [6, 6.07) is 12.9. The molecule has 2 aromatic carbocycles. The number of hydrogen-bond donors (Lipinski definition) is 3. The minimum atomic E-state index is -4.00. The van der Waals surface area contributed by atoms with Crippen LogP contribution in [0.4, 0.5) is 11.4 Å². The van der Waals surface area contributed by atoms with Gasteiger partial charge in [-0.25, -0.2) is 18.1 Å². The smallest absolute Gasteiger partial charge is 0.264 e. The van der Waals surface area contributed by atoms with Gasteiger partial charge in [-0.3, -0.25) is 9.59 Å². The maximum atomic E-state index is 13.7. The van der Waals surface area contributed by atoms with Gasteiger partial charge in [0.2, 0.25) is 5.91 Å². The van der Waals surface area contributed by atoms with Crippen molar-refractivity contribution in [2.24, 2.45) is 11.8 Å². The summed E-state index contributed by atoms with van der Waals surface area (Å²) in [4.78, 5) is 33.3. The normalized spacial score (nSPS) is 14.7. The molecule has 0 bridgehead atoms. The van der Waals surface area contributed by atoms with Gasteiger partial charge in [-0.15, -0.1) is 11.3 Å². The number of aromatic nitrogens is 1. The molecule has 1 fully saturated rings. The zero-order chi connectivity index (χ0) is 30.8. The molecule has 11 heteroatoms. The van der Waals surface area contributed by atoms with E-state index in [0.717, 1.165) is 61.5 Å². The minimum Gasteiger partial charge on any atom is -0.377 e. The van der Waals surface area contributed by atoms with Crippen LogP contribution in [0.5, 0.6) is 0 Å². The molecule has 1 atom stereocenters. The second-order valence-electron chi connectivity index (χ2n) is 11.6. The first-order chi connectivity index (χ1) is 20.6. The van der Waals surface area contributed by atoms with Crippen LogP contribution in [-0.4, -0.2) is 44.9 Å². The maximum absolute atomic E-state index is 13.7. The number of thiazole rings is 1. The SMILES string of the molecule is CC(C)CCN(C)c1ccc(C(=O)NC(CC(=O)NS(=O)(=O)c2ccccc2)C2CCCCC2)cc1NCc1nccs1. The van der Waals surface area contributed by atoms with Gasteiger partial charge in [0, 0.05) is 43.2 Å². The first-order valence-corrected chi connectivity index (χ1v) is 17.4. The molecule has 1 aromatic heterocycles. The van der Waals surface area contributed by atoms with E-state index >= 15 is 0 Å². The Morgan fingerprint density at radius 1 is 1.07 bits per heavy atom. The topological polar surface area (TPSA) is 121 Å². The van der Waals surface area contributed by atoms with Crippen molar-refractivity contribution < 1.29 is 18.0 Å². The summed E-state index contributed by atoms with van der Waals surface area (Å²) < 4.78 is 27.7. The number of carbonyl (C=O) groups excluding carboxylic acids is 2. The average molecular weight is 626 g/mol. The monoisotopic (exact) mass is 625 g/mol. The number of benzene rings is 2. The summed E-state index contributed by atoms with van der Waals surface area (Å²) in [7, 11) is -1.95. The van der Waals surface area contributed by atoms with Crippen LogP contribution in [0.25, 0.3) is 0 Å². The van der Waals surface area contributed by atoms with Crippen molar-refractivity contribution in [1.29, 1.82) is 0 Å². The van der Waals surface area contributed by atoms with E-state index in [9.17, 15) is 18.0 Å². The molecule has 232 valence electrons. The standard InChI is InChI=1S/C32H43N5O4S2/c1-23(2)16-18-37(3)29-15-14-25(20-28(29)34-22-31-33-17-19-42-31)32(39)35-27(24-10-6-4-7-11-24)21-30(38)36-43(40,41)26-12-8-5-9-13-26/h5,8-9,12-15,17,19-20,23-24,27,34H,4,6-7,10-11,16,18,21-22H2,1-3H3,(H,35,39)(H,36,38). The summed E-state index contributed by atoms with van der Waals surface area (Å²) in [5.74, 6) is -0.265. The molecule has 1 saturated carbocycles. The molecule has 43 heavy (non-hydrogen) atoms. The van der Waals surface area contributed by atoms with Crippen molar-refractivity contribution in [2.75, 3.05) is 23.8 Å². The van der Waals surface area contributed by atoms with E-state index in [1.165, 1.54) is 12.1 Å². The van der Waals surface area contributed by atoms with E-state index in [0.29, 0.717) is 18.0 Å². The predicted molar refractivity (Wildman–Crippen MR) is 173 cm³/mol. The third-order valence-corrected chi connectivity index (χ3v) is 10.0. The van der Waals surface area contributed by atoms with E-state index in [1.807, 2.05) is 30.6 Å². The Balaban J connectivity index is 1.52. The van der Waals surface area contributed by atoms with Gasteiger partial charge < -0.3 is 15.5 Å². The van der Waals surface area contributed by atoms with E-state index in [4.69, 9.17) is 0 Å². The molecule has 3 aromatic rings. The molecule has 0 aliphatic heterocycles. The average Bonchev–Trinajstić information content (AvgIpc) is 3.53. The molecule has 0 saturated heterocycles. The second kappa shape index (κ2) is 15.3. The Bertz CT molecular complexity index is 1440. The fraction of sp³-hybridized carbons (Fsp3) is 0.469. The molecule has 0 spiro atoms. The van der Waals surface area contributed by atoms with Crippen molar-refractivity contribution in [2.45, 2.75) is 76.3 Å². The van der Waals surface area contributed by atoms with Crippen molar-refractivity contribution in [1.82, 2.24) is 15.0 Å². The number of anilines is 2. The van der Waals surface area contributed by atoms with E-state index < -0.39 is 22.0 Å². The number of nitrogens with zero attached hydrogens (tertiary/aromatic N) is 2. The van der Waals surface area contributed by atoms with Crippen LogP contribution in [0, 0.1) is 11.8 Å². The Labute approximate surface area is 259 Å². The molecule has 1 heterocycles. The molecule has 4 rings (SSSR count). The van der Waals surface area contributed by atoms with Crippen LogP contribution in [0.1, 0.15) is 74.2 Å². The van der Waals surface area contributed by atoms with Crippen molar-refractivity contribution in [3.63, 3.8) is 0 Å². The molecule has 3 N–H and O–H groups in total. The van der Waals surface area contributed by atoms with Crippen LogP contribution in [0.3, 0.4) is 0 Å². The maximum Gasteiger partial charge on any atom is 0.264 e. The second-order valence-corrected chi connectivity index (χ2v) is 14.3. The summed E-state index contributed by atoms with van der Waals surface area (Å²) in [5.41, 5.74) is 2.29. The van der Waals surface area contributed by atoms with Gasteiger partial charge in [-0.2, -0.15) is 0 Å². The van der Waals surface area contributed by atoms with Gasteiger partial charge in [0.05, 0.1) is 22.8 Å². The number of carbonyl (C=O) groups is 2. The van der Waals surface area contributed by atoms with E-state index in [2.05, 4.69) is 39.1 Å². The lowest BCUT2D eigenvalue weighted by Crippen LogP contribution is -2.45. The third-order valence-electron chi connectivity index (χ3n) is 7.87. The number of sulfonamides is 1. The van der Waals surface area contributed by atoms with Gasteiger partial charge in [-0.1, -0.05) is 51.3 Å². The first-order valence-electron chi connectivity index (χ1n) is 15.0. The molecule has 0 radical (unpaired) electrons. The van der Waals surface area contributed by atoms with Gasteiger partial charge in [0.1, 0.15) is 5.01 Å². The quantitative estimate of drug-likeness (QED) is 0.207. The largest absolute Gasteiger partial charge is 0.377 e. The summed E-state index contributed by atoms with van der Waals surface area (Å²) in [5, 5.41) is 9.44. The molecular weight excluding hydrogens is 583 g/mol. The Kier molecular flexibility index (Phi) is 11.6. The lowest BCUT2D eigenvalue weighted by atomic mass is 9.82. The fourth-order valence-corrected chi connectivity index (χ4v) is 6.98. The van der Waals surface area contributed by atoms with E-state index in [-0.39, 0.29) is 23.1 Å². The Hall–Kier alpha value is -3.44. The minimum absolute atomic E-state index is 0.0258. The number of rotatable bonds is 14. The van der Waals surface area contributed by atoms with Crippen LogP contribution in [0.2, 0.25) is 0 Å². The molecule has 1 unspecified atom stereocenters. The van der Waals surface area contributed by atoms with Gasteiger partial charge in [0.15, 0.2) is 0 Å². The van der Waals surface area contributed by atoms with Crippen LogP contribution >= 0.6 is 11.3 Å². The van der Waals surface area contributed by atoms with Crippen LogP contribution in [-0.2, 0) is 21.4 Å². The van der Waals surface area contributed by atoms with Crippen LogP contribution < -0.4 is 20.3 Å². The lowest BCUT2D eigenvalue weighted by molar-refractivity contribution is -0.120.